The molecule has 1 saturated heterocycles. The quantitative estimate of drug-likeness (QED) is 0.573. The second kappa shape index (κ2) is 9.12. The summed E-state index contributed by atoms with van der Waals surface area (Å²) in [6.45, 7) is 3.08. The highest BCUT2D eigenvalue weighted by Crippen LogP contribution is 2.23. The van der Waals surface area contributed by atoms with Crippen molar-refractivity contribution in [2.24, 2.45) is 0 Å². The van der Waals surface area contributed by atoms with Gasteiger partial charge < -0.3 is 34.8 Å². The van der Waals surface area contributed by atoms with Gasteiger partial charge in [-0.25, -0.2) is 4.79 Å². The van der Waals surface area contributed by atoms with Crippen molar-refractivity contribution in [3.63, 3.8) is 0 Å². The molecular formula is C17H25NO7. The highest BCUT2D eigenvalue weighted by molar-refractivity contribution is 5.67. The number of benzene rings is 1. The summed E-state index contributed by atoms with van der Waals surface area (Å²) in [7, 11) is 0. The Kier molecular flexibility index (Phi) is 7.15. The van der Waals surface area contributed by atoms with Gasteiger partial charge in [0.05, 0.1) is 18.8 Å². The van der Waals surface area contributed by atoms with Gasteiger partial charge in [0.2, 0.25) is 0 Å². The average Bonchev–Trinajstić information content (AvgIpc) is 2.60. The molecule has 25 heavy (non-hydrogen) atoms. The number of alkyl carbamates (subject to hydrolysis) is 1. The molecule has 5 atom stereocenters. The molecule has 0 bridgehead atoms. The van der Waals surface area contributed by atoms with Gasteiger partial charge in [-0.2, -0.15) is 0 Å². The van der Waals surface area contributed by atoms with E-state index >= 15 is 0 Å². The molecule has 1 aromatic carbocycles. The maximum absolute atomic E-state index is 12.0. The number of amides is 1. The number of aliphatic hydroxyl groups is 3. The van der Waals surface area contributed by atoms with Crippen LogP contribution in [0.2, 0.25) is 0 Å². The number of nitrogens with one attached hydrogen (secondary N) is 1. The van der Waals surface area contributed by atoms with Gasteiger partial charge in [0.25, 0.3) is 0 Å². The second-order valence-corrected chi connectivity index (χ2v) is 6.12. The summed E-state index contributed by atoms with van der Waals surface area (Å²) in [6, 6.07) is 8.00. The Morgan fingerprint density at radius 1 is 1.24 bits per heavy atom. The van der Waals surface area contributed by atoms with E-state index in [-0.39, 0.29) is 12.7 Å². The zero-order valence-corrected chi connectivity index (χ0v) is 14.2. The van der Waals surface area contributed by atoms with Gasteiger partial charge in [0.1, 0.15) is 24.9 Å². The number of rotatable bonds is 6. The van der Waals surface area contributed by atoms with Crippen molar-refractivity contribution in [2.75, 3.05) is 6.61 Å². The molecule has 0 unspecified atom stereocenters. The summed E-state index contributed by atoms with van der Waals surface area (Å²) in [4.78, 5) is 12.0. The van der Waals surface area contributed by atoms with Crippen LogP contribution in [0.4, 0.5) is 4.79 Å². The van der Waals surface area contributed by atoms with E-state index in [9.17, 15) is 20.1 Å². The zero-order chi connectivity index (χ0) is 18.4. The molecule has 0 aromatic heterocycles. The molecule has 1 heterocycles. The van der Waals surface area contributed by atoms with Crippen LogP contribution < -0.4 is 5.32 Å². The van der Waals surface area contributed by atoms with Crippen molar-refractivity contribution in [2.45, 2.75) is 57.2 Å². The molecule has 1 aliphatic rings. The van der Waals surface area contributed by atoms with Crippen LogP contribution in [0, 0.1) is 0 Å². The first-order valence-corrected chi connectivity index (χ1v) is 8.17. The Bertz CT molecular complexity index is 539. The zero-order valence-electron chi connectivity index (χ0n) is 14.2. The predicted octanol–water partition coefficient (Wildman–Crippen LogP) is 0.145. The minimum atomic E-state index is -1.32. The fourth-order valence-electron chi connectivity index (χ4n) is 2.54. The Hall–Kier alpha value is -1.71. The fraction of sp³-hybridized carbons (Fsp3) is 0.588. The molecule has 140 valence electrons. The van der Waals surface area contributed by atoms with Gasteiger partial charge in [-0.15, -0.1) is 0 Å². The Labute approximate surface area is 146 Å². The first kappa shape index (κ1) is 19.6. The maximum atomic E-state index is 12.0. The standard InChI is InChI=1S/C17H25NO7/c1-10(2)24-16-15(21)13(14(20)12(8-19)25-16)18-17(22)23-9-11-6-4-3-5-7-11/h3-7,10,12-16,19-21H,8-9H2,1-2H3,(H,18,22)/t12-,13+,14-,15-,16+/m1/s1. The molecule has 8 heteroatoms. The van der Waals surface area contributed by atoms with Crippen LogP contribution in [0.3, 0.4) is 0 Å². The summed E-state index contributed by atoms with van der Waals surface area (Å²) in [6.07, 6.45) is -5.75. The summed E-state index contributed by atoms with van der Waals surface area (Å²) in [5.41, 5.74) is 0.806. The fourth-order valence-corrected chi connectivity index (χ4v) is 2.54. The van der Waals surface area contributed by atoms with Crippen molar-refractivity contribution >= 4 is 6.09 Å². The van der Waals surface area contributed by atoms with Crippen LogP contribution in [0.15, 0.2) is 30.3 Å². The molecule has 0 radical (unpaired) electrons. The van der Waals surface area contributed by atoms with Gasteiger partial charge in [-0.05, 0) is 19.4 Å². The molecule has 2 rings (SSSR count). The Morgan fingerprint density at radius 3 is 2.52 bits per heavy atom. The van der Waals surface area contributed by atoms with E-state index in [2.05, 4.69) is 5.32 Å². The molecule has 1 aromatic rings. The van der Waals surface area contributed by atoms with Crippen LogP contribution in [0.1, 0.15) is 19.4 Å². The number of carbonyl (C=O) groups is 1. The lowest BCUT2D eigenvalue weighted by molar-refractivity contribution is -0.287. The number of ether oxygens (including phenoxy) is 3. The van der Waals surface area contributed by atoms with Gasteiger partial charge in [-0.3, -0.25) is 0 Å². The molecule has 8 nitrogen and oxygen atoms in total. The lowest BCUT2D eigenvalue weighted by atomic mass is 9.96. The first-order chi connectivity index (χ1) is 11.9. The number of carbonyl (C=O) groups excluding carboxylic acids is 1. The number of aliphatic hydroxyl groups excluding tert-OH is 3. The molecule has 0 spiro atoms. The normalized spacial score (nSPS) is 29.4. The Morgan fingerprint density at radius 2 is 1.92 bits per heavy atom. The summed E-state index contributed by atoms with van der Waals surface area (Å²) >= 11 is 0. The third-order valence-electron chi connectivity index (χ3n) is 3.79. The van der Waals surface area contributed by atoms with Gasteiger partial charge in [0.15, 0.2) is 6.29 Å². The smallest absolute Gasteiger partial charge is 0.407 e. The molecular weight excluding hydrogens is 330 g/mol. The lowest BCUT2D eigenvalue weighted by Gasteiger charge is -2.42. The summed E-state index contributed by atoms with van der Waals surface area (Å²) < 4.78 is 15.9. The maximum Gasteiger partial charge on any atom is 0.407 e. The van der Waals surface area contributed by atoms with Crippen molar-refractivity contribution < 1.29 is 34.3 Å². The first-order valence-electron chi connectivity index (χ1n) is 8.17. The predicted molar refractivity (Wildman–Crippen MR) is 87.5 cm³/mol. The van der Waals surface area contributed by atoms with E-state index in [1.54, 1.807) is 26.0 Å². The van der Waals surface area contributed by atoms with Crippen LogP contribution >= 0.6 is 0 Å². The second-order valence-electron chi connectivity index (χ2n) is 6.12. The van der Waals surface area contributed by atoms with E-state index in [1.165, 1.54) is 0 Å². The van der Waals surface area contributed by atoms with Crippen LogP contribution in [0.5, 0.6) is 0 Å². The minimum Gasteiger partial charge on any atom is -0.445 e. The van der Waals surface area contributed by atoms with Crippen LogP contribution in [-0.4, -0.2) is 64.8 Å². The van der Waals surface area contributed by atoms with Gasteiger partial charge >= 0.3 is 6.09 Å². The third-order valence-corrected chi connectivity index (χ3v) is 3.79. The van der Waals surface area contributed by atoms with E-state index in [1.807, 2.05) is 18.2 Å². The molecule has 4 N–H and O–H groups in total. The topological polar surface area (TPSA) is 117 Å². The minimum absolute atomic E-state index is 0.0530. The van der Waals surface area contributed by atoms with E-state index in [4.69, 9.17) is 14.2 Å². The molecule has 0 saturated carbocycles. The Balaban J connectivity index is 1.97. The monoisotopic (exact) mass is 355 g/mol. The highest BCUT2D eigenvalue weighted by Gasteiger charge is 2.46. The van der Waals surface area contributed by atoms with Crippen LogP contribution in [-0.2, 0) is 20.8 Å². The van der Waals surface area contributed by atoms with E-state index in [0.717, 1.165) is 5.56 Å². The molecule has 1 aliphatic heterocycles. The number of hydrogen-bond donors (Lipinski definition) is 4. The molecule has 1 amide bonds. The third kappa shape index (κ3) is 5.38. The molecule has 0 aliphatic carbocycles. The van der Waals surface area contributed by atoms with E-state index < -0.39 is 43.3 Å². The van der Waals surface area contributed by atoms with Crippen molar-refractivity contribution in [3.8, 4) is 0 Å². The van der Waals surface area contributed by atoms with Crippen molar-refractivity contribution in [3.05, 3.63) is 35.9 Å². The highest BCUT2D eigenvalue weighted by atomic mass is 16.7. The van der Waals surface area contributed by atoms with Crippen LogP contribution in [0.25, 0.3) is 0 Å². The van der Waals surface area contributed by atoms with Gasteiger partial charge in [-0.1, -0.05) is 30.3 Å². The average molecular weight is 355 g/mol. The van der Waals surface area contributed by atoms with E-state index in [0.29, 0.717) is 0 Å². The van der Waals surface area contributed by atoms with Gasteiger partial charge in [0, 0.05) is 0 Å². The lowest BCUT2D eigenvalue weighted by Crippen LogP contribution is -2.65. The SMILES string of the molecule is CC(C)O[C@H]1O[C@H](CO)[C@@H](O)[C@H](NC(=O)OCc2ccccc2)[C@H]1O. The summed E-state index contributed by atoms with van der Waals surface area (Å²) in [5.74, 6) is 0. The summed E-state index contributed by atoms with van der Waals surface area (Å²) in [5, 5.41) is 32.3. The molecule has 1 fully saturated rings. The number of hydrogen-bond acceptors (Lipinski definition) is 7. The van der Waals surface area contributed by atoms with Crippen molar-refractivity contribution in [1.29, 1.82) is 0 Å². The largest absolute Gasteiger partial charge is 0.445 e. The van der Waals surface area contributed by atoms with Crippen molar-refractivity contribution in [1.82, 2.24) is 5.32 Å².